The third-order valence-corrected chi connectivity index (χ3v) is 2.58. The molecule has 0 spiro atoms. The number of allylic oxidation sites excluding steroid dienone is 1. The van der Waals surface area contributed by atoms with E-state index in [1.54, 1.807) is 12.2 Å². The van der Waals surface area contributed by atoms with Crippen LogP contribution in [0.2, 0.25) is 0 Å². The van der Waals surface area contributed by atoms with Crippen molar-refractivity contribution in [2.45, 2.75) is 57.7 Å². The summed E-state index contributed by atoms with van der Waals surface area (Å²) in [4.78, 5) is 0. The highest BCUT2D eigenvalue weighted by Gasteiger charge is 1.97. The molecule has 0 saturated heterocycles. The van der Waals surface area contributed by atoms with Gasteiger partial charge >= 0.3 is 0 Å². The molecular formula is C17H24O2. The minimum absolute atomic E-state index is 0.428. The summed E-state index contributed by atoms with van der Waals surface area (Å²) >= 11 is 0. The van der Waals surface area contributed by atoms with Crippen LogP contribution in [0, 0.1) is 23.7 Å². The van der Waals surface area contributed by atoms with Gasteiger partial charge in [0.15, 0.2) is 0 Å². The van der Waals surface area contributed by atoms with Crippen LogP contribution >= 0.6 is 0 Å². The number of aliphatic hydroxyl groups is 2. The highest BCUT2D eigenvalue weighted by Crippen LogP contribution is 2.07. The second-order valence-electron chi connectivity index (χ2n) is 4.35. The van der Waals surface area contributed by atoms with Crippen LogP contribution in [-0.2, 0) is 0 Å². The van der Waals surface area contributed by atoms with Crippen LogP contribution in [-0.4, -0.2) is 22.4 Å². The zero-order valence-electron chi connectivity index (χ0n) is 11.7. The number of aliphatic hydroxyl groups excluding tert-OH is 2. The van der Waals surface area contributed by atoms with E-state index < -0.39 is 12.2 Å². The van der Waals surface area contributed by atoms with Crippen molar-refractivity contribution in [2.75, 3.05) is 0 Å². The van der Waals surface area contributed by atoms with Crippen molar-refractivity contribution in [1.82, 2.24) is 0 Å². The number of unbranched alkanes of at least 4 members (excludes halogenated alkanes) is 4. The SMILES string of the molecule is C=C[C@H](O)C#CC#C/C=C/[C@@H](O)CCCCCCC. The largest absolute Gasteiger partial charge is 0.389 e. The summed E-state index contributed by atoms with van der Waals surface area (Å²) in [6.45, 7) is 5.59. The Morgan fingerprint density at radius 2 is 1.84 bits per heavy atom. The molecule has 0 unspecified atom stereocenters. The van der Waals surface area contributed by atoms with E-state index >= 15 is 0 Å². The molecular weight excluding hydrogens is 236 g/mol. The fourth-order valence-corrected chi connectivity index (χ4v) is 1.46. The molecule has 0 aliphatic carbocycles. The van der Waals surface area contributed by atoms with Gasteiger partial charge in [-0.05, 0) is 30.4 Å². The molecule has 0 bridgehead atoms. The van der Waals surface area contributed by atoms with E-state index in [0.717, 1.165) is 12.8 Å². The van der Waals surface area contributed by atoms with Crippen molar-refractivity contribution < 1.29 is 10.2 Å². The predicted octanol–water partition coefficient (Wildman–Crippen LogP) is 2.82. The van der Waals surface area contributed by atoms with Crippen LogP contribution in [0.4, 0.5) is 0 Å². The zero-order valence-corrected chi connectivity index (χ0v) is 11.7. The predicted molar refractivity (Wildman–Crippen MR) is 80.3 cm³/mol. The molecule has 0 aromatic heterocycles. The van der Waals surface area contributed by atoms with Gasteiger partial charge in [0.1, 0.15) is 6.10 Å². The van der Waals surface area contributed by atoms with Gasteiger partial charge in [-0.3, -0.25) is 0 Å². The molecule has 0 aliphatic rings. The summed E-state index contributed by atoms with van der Waals surface area (Å²) < 4.78 is 0. The van der Waals surface area contributed by atoms with Gasteiger partial charge in [-0.1, -0.05) is 63.5 Å². The van der Waals surface area contributed by atoms with E-state index in [9.17, 15) is 5.11 Å². The van der Waals surface area contributed by atoms with E-state index in [1.807, 2.05) is 0 Å². The van der Waals surface area contributed by atoms with Crippen LogP contribution in [0.1, 0.15) is 45.4 Å². The third kappa shape index (κ3) is 12.8. The lowest BCUT2D eigenvalue weighted by molar-refractivity contribution is 0.208. The van der Waals surface area contributed by atoms with Gasteiger partial charge in [-0.2, -0.15) is 0 Å². The molecule has 0 radical (unpaired) electrons. The van der Waals surface area contributed by atoms with E-state index in [2.05, 4.69) is 37.2 Å². The Kier molecular flexibility index (Phi) is 12.0. The van der Waals surface area contributed by atoms with E-state index in [1.165, 1.54) is 31.8 Å². The maximum absolute atomic E-state index is 9.64. The first-order valence-electron chi connectivity index (χ1n) is 6.87. The second kappa shape index (κ2) is 13.0. The monoisotopic (exact) mass is 260 g/mol. The minimum Gasteiger partial charge on any atom is -0.389 e. The number of hydrogen-bond acceptors (Lipinski definition) is 2. The number of rotatable bonds is 8. The fourth-order valence-electron chi connectivity index (χ4n) is 1.46. The fraction of sp³-hybridized carbons (Fsp3) is 0.529. The second-order valence-corrected chi connectivity index (χ2v) is 4.35. The minimum atomic E-state index is -0.827. The Morgan fingerprint density at radius 3 is 2.53 bits per heavy atom. The van der Waals surface area contributed by atoms with Crippen LogP contribution in [0.15, 0.2) is 24.8 Å². The molecule has 0 fully saturated rings. The van der Waals surface area contributed by atoms with E-state index in [0.29, 0.717) is 0 Å². The van der Waals surface area contributed by atoms with Gasteiger partial charge < -0.3 is 10.2 Å². The van der Waals surface area contributed by atoms with Crippen LogP contribution in [0.25, 0.3) is 0 Å². The van der Waals surface area contributed by atoms with Crippen LogP contribution < -0.4 is 0 Å². The average molecular weight is 260 g/mol. The summed E-state index contributed by atoms with van der Waals surface area (Å²) in [6.07, 6.45) is 10.1. The van der Waals surface area contributed by atoms with Gasteiger partial charge in [0.25, 0.3) is 0 Å². The molecule has 2 N–H and O–H groups in total. The van der Waals surface area contributed by atoms with E-state index in [4.69, 9.17) is 5.11 Å². The van der Waals surface area contributed by atoms with Crippen molar-refractivity contribution in [3.05, 3.63) is 24.8 Å². The van der Waals surface area contributed by atoms with Crippen molar-refractivity contribution in [3.8, 4) is 23.7 Å². The molecule has 0 heterocycles. The van der Waals surface area contributed by atoms with Crippen molar-refractivity contribution in [1.29, 1.82) is 0 Å². The molecule has 0 aliphatic heterocycles. The first-order valence-corrected chi connectivity index (χ1v) is 6.87. The van der Waals surface area contributed by atoms with Crippen LogP contribution in [0.3, 0.4) is 0 Å². The molecule has 0 aromatic carbocycles. The first-order chi connectivity index (χ1) is 9.20. The Balaban J connectivity index is 3.77. The summed E-state index contributed by atoms with van der Waals surface area (Å²) in [5.41, 5.74) is 0. The average Bonchev–Trinajstić information content (AvgIpc) is 2.42. The molecule has 0 saturated carbocycles. The van der Waals surface area contributed by atoms with Gasteiger partial charge in [-0.15, -0.1) is 0 Å². The lowest BCUT2D eigenvalue weighted by Gasteiger charge is -2.03. The molecule has 0 amide bonds. The smallest absolute Gasteiger partial charge is 0.134 e. The Morgan fingerprint density at radius 1 is 1.11 bits per heavy atom. The highest BCUT2D eigenvalue weighted by atomic mass is 16.3. The lowest BCUT2D eigenvalue weighted by atomic mass is 10.1. The molecule has 104 valence electrons. The summed E-state index contributed by atoms with van der Waals surface area (Å²) in [5, 5.41) is 18.7. The highest BCUT2D eigenvalue weighted by molar-refractivity contribution is 5.32. The molecule has 2 nitrogen and oxygen atoms in total. The maximum Gasteiger partial charge on any atom is 0.134 e. The van der Waals surface area contributed by atoms with Crippen LogP contribution in [0.5, 0.6) is 0 Å². The summed E-state index contributed by atoms with van der Waals surface area (Å²) in [5.74, 6) is 10.3. The molecule has 2 atom stereocenters. The zero-order chi connectivity index (χ0) is 14.3. The van der Waals surface area contributed by atoms with Crippen molar-refractivity contribution >= 4 is 0 Å². The van der Waals surface area contributed by atoms with E-state index in [-0.39, 0.29) is 0 Å². The summed E-state index contributed by atoms with van der Waals surface area (Å²) in [6, 6.07) is 0. The molecule has 0 aromatic rings. The quantitative estimate of drug-likeness (QED) is 0.400. The molecule has 0 rings (SSSR count). The first kappa shape index (κ1) is 17.5. The molecule has 2 heteroatoms. The van der Waals surface area contributed by atoms with Crippen molar-refractivity contribution in [3.63, 3.8) is 0 Å². The van der Waals surface area contributed by atoms with Gasteiger partial charge in [0, 0.05) is 0 Å². The number of hydrogen-bond donors (Lipinski definition) is 2. The Labute approximate surface area is 117 Å². The molecule has 19 heavy (non-hydrogen) atoms. The third-order valence-electron chi connectivity index (χ3n) is 2.58. The van der Waals surface area contributed by atoms with Crippen molar-refractivity contribution in [2.24, 2.45) is 0 Å². The van der Waals surface area contributed by atoms with Gasteiger partial charge in [0.05, 0.1) is 6.10 Å². The Hall–Kier alpha value is -1.48. The summed E-state index contributed by atoms with van der Waals surface area (Å²) in [7, 11) is 0. The lowest BCUT2D eigenvalue weighted by Crippen LogP contribution is -2.01. The standard InChI is InChI=1S/C17H24O2/c1-3-5-6-7-11-14-17(19)15-12-9-8-10-13-16(18)4-2/h4,12,15-19H,2-3,5-7,11,14H2,1H3/b15-12+/t16-,17-/m0/s1. The topological polar surface area (TPSA) is 40.5 Å². The maximum atomic E-state index is 9.64. The van der Waals surface area contributed by atoms with Gasteiger partial charge in [-0.25, -0.2) is 0 Å². The van der Waals surface area contributed by atoms with Gasteiger partial charge in [0.2, 0.25) is 0 Å². The Bertz CT molecular complexity index is 374. The normalized spacial score (nSPS) is 13.0.